The Labute approximate surface area is 64.8 Å². The number of rotatable bonds is 1. The molecule has 0 aromatic heterocycles. The van der Waals surface area contributed by atoms with Crippen LogP contribution in [0.1, 0.15) is 12.5 Å². The number of hydrogen-bond donors (Lipinski definition) is 1. The predicted octanol–water partition coefficient (Wildman–Crippen LogP) is 1.33. The van der Waals surface area contributed by atoms with E-state index in [0.717, 1.165) is 5.56 Å². The van der Waals surface area contributed by atoms with E-state index in [0.29, 0.717) is 0 Å². The van der Waals surface area contributed by atoms with Crippen LogP contribution < -0.4 is 5.64 Å². The Morgan fingerprint density at radius 2 is 1.82 bits per heavy atom. The fraction of sp³-hybridized carbons (Fsp3) is 0.250. The second-order valence-electron chi connectivity index (χ2n) is 2.60. The third-order valence-electron chi connectivity index (χ3n) is 1.77. The lowest BCUT2D eigenvalue weighted by Crippen LogP contribution is -2.49. The molecule has 3 heteroatoms. The van der Waals surface area contributed by atoms with E-state index in [4.69, 9.17) is 9.68 Å². The summed E-state index contributed by atoms with van der Waals surface area (Å²) in [7, 11) is 0. The highest BCUT2D eigenvalue weighted by molar-refractivity contribution is 5.19. The first kappa shape index (κ1) is 6.79. The molecule has 3 nitrogen and oxygen atoms in total. The summed E-state index contributed by atoms with van der Waals surface area (Å²) in [5.74, 6) is -0.596. The van der Waals surface area contributed by atoms with E-state index in [-0.39, 0.29) is 0 Å². The average Bonchev–Trinajstić information content (AvgIpc) is 2.02. The highest BCUT2D eigenvalue weighted by Gasteiger charge is 2.37. The molecule has 1 aliphatic rings. The maximum absolute atomic E-state index is 5.03. The van der Waals surface area contributed by atoms with Crippen LogP contribution in [0.5, 0.6) is 0 Å². The summed E-state index contributed by atoms with van der Waals surface area (Å²) in [6.45, 7) is 1.86. The van der Waals surface area contributed by atoms with E-state index in [9.17, 15) is 0 Å². The highest BCUT2D eigenvalue weighted by atomic mass is 17.1. The van der Waals surface area contributed by atoms with Gasteiger partial charge in [-0.25, -0.2) is 9.68 Å². The quantitative estimate of drug-likeness (QED) is 0.656. The fourth-order valence-electron chi connectivity index (χ4n) is 1.03. The third-order valence-corrected chi connectivity index (χ3v) is 1.77. The Morgan fingerprint density at radius 1 is 1.18 bits per heavy atom. The van der Waals surface area contributed by atoms with Crippen molar-refractivity contribution in [1.82, 2.24) is 5.64 Å². The van der Waals surface area contributed by atoms with E-state index in [2.05, 4.69) is 5.64 Å². The van der Waals surface area contributed by atoms with Crippen molar-refractivity contribution in [2.45, 2.75) is 12.7 Å². The molecule has 0 amide bonds. The zero-order chi connectivity index (χ0) is 7.73. The van der Waals surface area contributed by atoms with E-state index >= 15 is 0 Å². The van der Waals surface area contributed by atoms with Gasteiger partial charge in [0.15, 0.2) is 0 Å². The molecular formula is C8H9NO2. The van der Waals surface area contributed by atoms with Crippen LogP contribution >= 0.6 is 0 Å². The van der Waals surface area contributed by atoms with Crippen LogP contribution in [0.25, 0.3) is 0 Å². The first-order valence-electron chi connectivity index (χ1n) is 3.48. The lowest BCUT2D eigenvalue weighted by atomic mass is 10.1. The van der Waals surface area contributed by atoms with Gasteiger partial charge in [0.25, 0.3) is 0 Å². The minimum absolute atomic E-state index is 0.596. The van der Waals surface area contributed by atoms with E-state index in [1.54, 1.807) is 0 Å². The number of benzene rings is 1. The Balaban J connectivity index is 2.29. The van der Waals surface area contributed by atoms with Crippen molar-refractivity contribution in [3.05, 3.63) is 35.9 Å². The maximum Gasteiger partial charge on any atom is 0.234 e. The van der Waals surface area contributed by atoms with Gasteiger partial charge in [0.05, 0.1) is 0 Å². The van der Waals surface area contributed by atoms with Crippen LogP contribution in [-0.4, -0.2) is 0 Å². The molecule has 1 aromatic rings. The van der Waals surface area contributed by atoms with Crippen LogP contribution in [-0.2, 0) is 15.5 Å². The summed E-state index contributed by atoms with van der Waals surface area (Å²) in [6.07, 6.45) is 0. The lowest BCUT2D eigenvalue weighted by molar-refractivity contribution is -0.483. The van der Waals surface area contributed by atoms with Crippen LogP contribution in [0.2, 0.25) is 0 Å². The Bertz CT molecular complexity index is 244. The third kappa shape index (κ3) is 1.03. The Hall–Kier alpha value is -0.900. The molecule has 58 valence electrons. The summed E-state index contributed by atoms with van der Waals surface area (Å²) in [5, 5.41) is 0. The SMILES string of the molecule is CC1(c2ccccc2)ONO1. The van der Waals surface area contributed by atoms with Gasteiger partial charge in [-0.15, -0.1) is 0 Å². The van der Waals surface area contributed by atoms with Crippen molar-refractivity contribution in [3.63, 3.8) is 0 Å². The molecule has 1 aromatic carbocycles. The van der Waals surface area contributed by atoms with Gasteiger partial charge in [-0.3, -0.25) is 0 Å². The molecule has 1 saturated heterocycles. The van der Waals surface area contributed by atoms with E-state index in [1.807, 2.05) is 37.3 Å². The summed E-state index contributed by atoms with van der Waals surface area (Å²) < 4.78 is 0. The Kier molecular flexibility index (Phi) is 1.42. The maximum atomic E-state index is 5.03. The minimum Gasteiger partial charge on any atom is -0.235 e. The average molecular weight is 151 g/mol. The van der Waals surface area contributed by atoms with Gasteiger partial charge in [-0.2, -0.15) is 0 Å². The molecule has 2 rings (SSSR count). The first-order valence-corrected chi connectivity index (χ1v) is 3.48. The molecule has 0 unspecified atom stereocenters. The number of hydrogen-bond acceptors (Lipinski definition) is 3. The smallest absolute Gasteiger partial charge is 0.234 e. The van der Waals surface area contributed by atoms with Gasteiger partial charge in [0, 0.05) is 5.56 Å². The van der Waals surface area contributed by atoms with Crippen molar-refractivity contribution in [1.29, 1.82) is 0 Å². The van der Waals surface area contributed by atoms with E-state index < -0.39 is 5.79 Å². The van der Waals surface area contributed by atoms with Crippen molar-refractivity contribution in [3.8, 4) is 0 Å². The molecule has 0 radical (unpaired) electrons. The molecular weight excluding hydrogens is 142 g/mol. The molecule has 1 fully saturated rings. The first-order chi connectivity index (χ1) is 5.31. The molecule has 0 aliphatic carbocycles. The monoisotopic (exact) mass is 151 g/mol. The standard InChI is InChI=1S/C8H9NO2/c1-8(10-9-11-8)7-5-3-2-4-6-7/h2-6,9H,1H3. The molecule has 1 heterocycles. The molecule has 1 aliphatic heterocycles. The van der Waals surface area contributed by atoms with Crippen molar-refractivity contribution >= 4 is 0 Å². The van der Waals surface area contributed by atoms with Gasteiger partial charge >= 0.3 is 0 Å². The summed E-state index contributed by atoms with van der Waals surface area (Å²) in [5.41, 5.74) is 3.31. The molecule has 1 N–H and O–H groups in total. The molecule has 0 spiro atoms. The number of nitrogens with one attached hydrogen (secondary N) is 1. The van der Waals surface area contributed by atoms with Crippen LogP contribution in [0.3, 0.4) is 0 Å². The van der Waals surface area contributed by atoms with Crippen LogP contribution in [0.15, 0.2) is 30.3 Å². The zero-order valence-corrected chi connectivity index (χ0v) is 6.20. The lowest BCUT2D eigenvalue weighted by Gasteiger charge is -2.37. The van der Waals surface area contributed by atoms with Gasteiger partial charge in [-0.1, -0.05) is 36.0 Å². The topological polar surface area (TPSA) is 30.5 Å². The van der Waals surface area contributed by atoms with E-state index in [1.165, 1.54) is 0 Å². The molecule has 11 heavy (non-hydrogen) atoms. The second kappa shape index (κ2) is 2.30. The van der Waals surface area contributed by atoms with Gasteiger partial charge in [0.2, 0.25) is 5.79 Å². The highest BCUT2D eigenvalue weighted by Crippen LogP contribution is 2.29. The zero-order valence-electron chi connectivity index (χ0n) is 6.20. The normalized spacial score (nSPS) is 20.8. The van der Waals surface area contributed by atoms with Crippen molar-refractivity contribution in [2.24, 2.45) is 0 Å². The largest absolute Gasteiger partial charge is 0.235 e. The Morgan fingerprint density at radius 3 is 2.27 bits per heavy atom. The second-order valence-corrected chi connectivity index (χ2v) is 2.60. The van der Waals surface area contributed by atoms with Crippen LogP contribution in [0.4, 0.5) is 0 Å². The molecule has 0 saturated carbocycles. The van der Waals surface area contributed by atoms with Gasteiger partial charge < -0.3 is 0 Å². The summed E-state index contributed by atoms with van der Waals surface area (Å²) in [6, 6.07) is 9.78. The van der Waals surface area contributed by atoms with Crippen molar-refractivity contribution < 1.29 is 9.68 Å². The molecule has 0 bridgehead atoms. The predicted molar refractivity (Wildman–Crippen MR) is 39.1 cm³/mol. The van der Waals surface area contributed by atoms with Gasteiger partial charge in [-0.05, 0) is 6.92 Å². The summed E-state index contributed by atoms with van der Waals surface area (Å²) >= 11 is 0. The molecule has 0 atom stereocenters. The fourth-order valence-corrected chi connectivity index (χ4v) is 1.03. The summed E-state index contributed by atoms with van der Waals surface area (Å²) in [4.78, 5) is 10.1. The van der Waals surface area contributed by atoms with Crippen LogP contribution in [0, 0.1) is 0 Å². The van der Waals surface area contributed by atoms with Crippen molar-refractivity contribution in [2.75, 3.05) is 0 Å². The minimum atomic E-state index is -0.596. The van der Waals surface area contributed by atoms with Gasteiger partial charge in [0.1, 0.15) is 0 Å².